The van der Waals surface area contributed by atoms with Gasteiger partial charge in [0, 0.05) is 24.3 Å². The maximum absolute atomic E-state index is 11.9. The second-order valence-electron chi connectivity index (χ2n) is 7.78. The van der Waals surface area contributed by atoms with Crippen molar-refractivity contribution in [3.05, 3.63) is 88.3 Å². The summed E-state index contributed by atoms with van der Waals surface area (Å²) in [5, 5.41) is 23.7. The minimum Gasteiger partial charge on any atom is -1.00 e. The van der Waals surface area contributed by atoms with Crippen LogP contribution in [0.25, 0.3) is 0 Å². The lowest BCUT2D eigenvalue weighted by Gasteiger charge is -2.03. The Bertz CT molecular complexity index is 1430. The molecule has 2 aromatic heterocycles. The maximum atomic E-state index is 11.9. The van der Waals surface area contributed by atoms with Gasteiger partial charge < -0.3 is 24.8 Å². The first-order valence-electron chi connectivity index (χ1n) is 11.0. The van der Waals surface area contributed by atoms with Crippen molar-refractivity contribution in [2.75, 3.05) is 26.2 Å². The molecule has 0 atom stereocenters. The molecule has 0 saturated heterocycles. The van der Waals surface area contributed by atoms with E-state index >= 15 is 0 Å². The number of hydrogen-bond donors (Lipinski definition) is 2. The number of hydrazine groups is 1. The van der Waals surface area contributed by atoms with Crippen LogP contribution in [-0.2, 0) is 9.59 Å². The van der Waals surface area contributed by atoms with E-state index < -0.39 is 9.85 Å². The van der Waals surface area contributed by atoms with Gasteiger partial charge in [0.25, 0.3) is 11.4 Å². The van der Waals surface area contributed by atoms with Crippen LogP contribution < -0.4 is 36.5 Å². The Hall–Kier alpha value is -4.24. The van der Waals surface area contributed by atoms with Crippen LogP contribution in [0.4, 0.5) is 11.4 Å². The molecule has 0 saturated carbocycles. The number of carbonyl (C=O) groups excluding carboxylic acids is 4. The molecular weight excluding hydrogens is 635 g/mol. The first kappa shape index (κ1) is 37.8. The first-order valence-corrected chi connectivity index (χ1v) is 12.8. The lowest BCUT2D eigenvalue weighted by atomic mass is 10.2. The van der Waals surface area contributed by atoms with E-state index in [4.69, 9.17) is 0 Å². The quantitative estimate of drug-likeness (QED) is 0.0692. The number of ketones is 2. The van der Waals surface area contributed by atoms with Crippen LogP contribution in [0, 0.1) is 20.2 Å². The van der Waals surface area contributed by atoms with Gasteiger partial charge >= 0.3 is 0 Å². The van der Waals surface area contributed by atoms with E-state index in [9.17, 15) is 39.4 Å². The van der Waals surface area contributed by atoms with Crippen LogP contribution in [0.2, 0.25) is 0 Å². The number of halogens is 2. The second-order valence-corrected chi connectivity index (χ2v) is 9.60. The third kappa shape index (κ3) is 11.3. The summed E-state index contributed by atoms with van der Waals surface area (Å²) in [5.74, 6) is 11.1. The van der Waals surface area contributed by atoms with Gasteiger partial charge in [-0.1, -0.05) is 0 Å². The fraction of sp³-hybridized carbons (Fsp3) is 0.167. The summed E-state index contributed by atoms with van der Waals surface area (Å²) in [5.41, 5.74) is 0.772. The highest BCUT2D eigenvalue weighted by Gasteiger charge is 2.22. The van der Waals surface area contributed by atoms with Gasteiger partial charge in [0.15, 0.2) is 25.5 Å². The number of rotatable bonds is 8. The molecule has 2 aliphatic heterocycles. The van der Waals surface area contributed by atoms with Crippen molar-refractivity contribution in [3.8, 4) is 0 Å². The SMILES string of the molecule is NN.O=C=C1C=CC=[N+](CC(=O)c2cc([N+](=O)[O-])cs2)C1.O=C=C1C=CC=[N+](CC(=O)c2cc([N+](=O)[O-])cs2)C1.[Cl-].[Cl-]. The van der Waals surface area contributed by atoms with E-state index in [0.29, 0.717) is 34.0 Å². The van der Waals surface area contributed by atoms with Gasteiger partial charge in [-0.15, -0.1) is 22.7 Å². The predicted octanol–water partition coefficient (Wildman–Crippen LogP) is -4.67. The third-order valence-corrected chi connectivity index (χ3v) is 6.95. The van der Waals surface area contributed by atoms with Gasteiger partial charge in [-0.3, -0.25) is 41.5 Å². The third-order valence-electron chi connectivity index (χ3n) is 5.03. The van der Waals surface area contributed by atoms with E-state index in [-0.39, 0.29) is 60.8 Å². The zero-order valence-electron chi connectivity index (χ0n) is 21.4. The van der Waals surface area contributed by atoms with Crippen molar-refractivity contribution in [1.29, 1.82) is 0 Å². The molecule has 18 heteroatoms. The van der Waals surface area contributed by atoms with Crippen molar-refractivity contribution < 1.29 is 63.0 Å². The molecule has 0 unspecified atom stereocenters. The monoisotopic (exact) mass is 656 g/mol. The minimum absolute atomic E-state index is 0. The summed E-state index contributed by atoms with van der Waals surface area (Å²) in [6.07, 6.45) is 9.97. The molecule has 4 heterocycles. The standard InChI is InChI=1S/2C12H9N2O4S.2ClH.H4N2/c2*15-7-9-2-1-3-13(5-9)6-11(16)12-4-10(8-19-12)14(17)18;;;1-2/h2*1-4,8H,5-6H2;2*1H;1-2H2/q2*+1;;;/p-2. The predicted molar refractivity (Wildman–Crippen MR) is 148 cm³/mol. The maximum Gasteiger partial charge on any atom is 0.280 e. The van der Waals surface area contributed by atoms with Crippen molar-refractivity contribution >= 4 is 69.9 Å². The number of carbonyl (C=O) groups is 2. The average Bonchev–Trinajstić information content (AvgIpc) is 3.66. The number of thiophene rings is 2. The Balaban J connectivity index is 0.000000723. The summed E-state index contributed by atoms with van der Waals surface area (Å²) in [4.78, 5) is 65.6. The second kappa shape index (κ2) is 19.0. The van der Waals surface area contributed by atoms with Crippen LogP contribution in [-0.4, -0.2) is 81.1 Å². The molecule has 0 spiro atoms. The molecule has 2 aliphatic rings. The van der Waals surface area contributed by atoms with E-state index in [2.05, 4.69) is 11.7 Å². The fourth-order valence-electron chi connectivity index (χ4n) is 3.22. The molecule has 0 bridgehead atoms. The number of nitro groups is 2. The molecule has 4 N–H and O–H groups in total. The van der Waals surface area contributed by atoms with Crippen LogP contribution in [0.15, 0.2) is 58.3 Å². The molecule has 2 aromatic rings. The van der Waals surface area contributed by atoms with E-state index in [1.807, 2.05) is 0 Å². The number of Topliss-reactive ketones (excluding diaryl/α,β-unsaturated/α-hetero) is 2. The highest BCUT2D eigenvalue weighted by molar-refractivity contribution is 7.12. The normalized spacial score (nSPS) is 12.7. The minimum atomic E-state index is -0.531. The van der Waals surface area contributed by atoms with E-state index in [1.165, 1.54) is 22.9 Å². The lowest BCUT2D eigenvalue weighted by molar-refractivity contribution is -0.501. The molecule has 0 amide bonds. The zero-order chi connectivity index (χ0) is 29.7. The summed E-state index contributed by atoms with van der Waals surface area (Å²) < 4.78 is 3.32. The van der Waals surface area contributed by atoms with Gasteiger partial charge in [-0.2, -0.15) is 0 Å². The number of hydrogen-bond acceptors (Lipinski definition) is 12. The largest absolute Gasteiger partial charge is 1.00 e. The van der Waals surface area contributed by atoms with E-state index in [0.717, 1.165) is 22.7 Å². The molecule has 4 rings (SSSR count). The number of nitrogens with two attached hydrogens (primary N) is 2. The molecule has 14 nitrogen and oxygen atoms in total. The Morgan fingerprint density at radius 3 is 1.43 bits per heavy atom. The van der Waals surface area contributed by atoms with Gasteiger partial charge in [0.05, 0.1) is 30.4 Å². The van der Waals surface area contributed by atoms with Crippen molar-refractivity contribution in [3.63, 3.8) is 0 Å². The molecule has 0 radical (unpaired) electrons. The smallest absolute Gasteiger partial charge is 0.280 e. The van der Waals surface area contributed by atoms with Gasteiger partial charge in [0.2, 0.25) is 24.7 Å². The van der Waals surface area contributed by atoms with Crippen molar-refractivity contribution in [2.45, 2.75) is 0 Å². The molecule has 0 aliphatic carbocycles. The van der Waals surface area contributed by atoms with Crippen LogP contribution >= 0.6 is 22.7 Å². The Morgan fingerprint density at radius 2 is 1.14 bits per heavy atom. The summed E-state index contributed by atoms with van der Waals surface area (Å²) in [6, 6.07) is 2.53. The van der Waals surface area contributed by atoms with E-state index in [1.54, 1.807) is 57.8 Å². The molecular formula is C24H22Cl2N6O8S2. The van der Waals surface area contributed by atoms with Crippen molar-refractivity contribution in [2.24, 2.45) is 11.7 Å². The zero-order valence-corrected chi connectivity index (χ0v) is 24.5. The number of nitrogens with zero attached hydrogens (tertiary/aromatic N) is 4. The van der Waals surface area contributed by atoms with Crippen LogP contribution in [0.3, 0.4) is 0 Å². The highest BCUT2D eigenvalue weighted by Crippen LogP contribution is 2.22. The fourth-order valence-corrected chi connectivity index (χ4v) is 4.79. The molecule has 222 valence electrons. The summed E-state index contributed by atoms with van der Waals surface area (Å²) in [7, 11) is 0. The average molecular weight is 658 g/mol. The molecule has 42 heavy (non-hydrogen) atoms. The summed E-state index contributed by atoms with van der Waals surface area (Å²) >= 11 is 2.09. The lowest BCUT2D eigenvalue weighted by Crippen LogP contribution is -3.00. The first-order chi connectivity index (χ1) is 19.2. The van der Waals surface area contributed by atoms with Gasteiger partial charge in [0.1, 0.15) is 23.0 Å². The van der Waals surface area contributed by atoms with Crippen LogP contribution in [0.5, 0.6) is 0 Å². The highest BCUT2D eigenvalue weighted by atomic mass is 35.5. The Labute approximate surface area is 258 Å². The molecule has 0 fully saturated rings. The Morgan fingerprint density at radius 1 is 0.786 bits per heavy atom. The summed E-state index contributed by atoms with van der Waals surface area (Å²) in [6.45, 7) is 0.790. The van der Waals surface area contributed by atoms with Crippen LogP contribution in [0.1, 0.15) is 19.3 Å². The number of allylic oxidation sites excluding steroid dienone is 2. The van der Waals surface area contributed by atoms with Gasteiger partial charge in [-0.25, -0.2) is 18.7 Å². The van der Waals surface area contributed by atoms with Gasteiger partial charge in [-0.05, 0) is 12.2 Å². The Kier molecular flexibility index (Phi) is 17.1. The van der Waals surface area contributed by atoms with Crippen molar-refractivity contribution in [1.82, 2.24) is 0 Å². The topological polar surface area (TPSA) is 213 Å². The molecule has 0 aromatic carbocycles.